The molecular weight excluding hydrogens is 278 g/mol. The first kappa shape index (κ1) is 15.7. The molecule has 22 heavy (non-hydrogen) atoms. The molecule has 2 aromatic rings. The van der Waals surface area contributed by atoms with Crippen molar-refractivity contribution in [3.05, 3.63) is 54.4 Å². The quantitative estimate of drug-likeness (QED) is 0.943. The molecule has 114 valence electrons. The maximum absolute atomic E-state index is 12.4. The van der Waals surface area contributed by atoms with E-state index in [1.54, 1.807) is 49.8 Å². The Kier molecular flexibility index (Phi) is 4.88. The van der Waals surface area contributed by atoms with Gasteiger partial charge in [0.15, 0.2) is 0 Å². The summed E-state index contributed by atoms with van der Waals surface area (Å²) in [7, 11) is 1.70. The molecular formula is C17H19N3O2. The molecule has 1 aromatic carbocycles. The minimum Gasteiger partial charge on any atom is -0.326 e. The number of aromatic nitrogens is 1. The fourth-order valence-electron chi connectivity index (χ4n) is 1.85. The summed E-state index contributed by atoms with van der Waals surface area (Å²) >= 11 is 0. The molecule has 0 atom stereocenters. The zero-order chi connectivity index (χ0) is 16.1. The molecule has 0 radical (unpaired) electrons. The van der Waals surface area contributed by atoms with Gasteiger partial charge in [0.05, 0.1) is 11.9 Å². The van der Waals surface area contributed by atoms with Crippen LogP contribution in [0.25, 0.3) is 0 Å². The van der Waals surface area contributed by atoms with Crippen LogP contribution in [0.3, 0.4) is 0 Å². The van der Waals surface area contributed by atoms with Gasteiger partial charge in [-0.15, -0.1) is 0 Å². The van der Waals surface area contributed by atoms with E-state index in [1.165, 1.54) is 4.90 Å². The number of nitrogens with one attached hydrogen (secondary N) is 1. The highest BCUT2D eigenvalue weighted by Crippen LogP contribution is 2.16. The molecule has 0 spiro atoms. The fraction of sp³-hybridized carbons (Fsp3) is 0.235. The summed E-state index contributed by atoms with van der Waals surface area (Å²) < 4.78 is 0. The molecule has 0 fully saturated rings. The highest BCUT2D eigenvalue weighted by molar-refractivity contribution is 6.06. The number of anilines is 2. The molecule has 0 aliphatic rings. The van der Waals surface area contributed by atoms with Gasteiger partial charge in [0.1, 0.15) is 0 Å². The predicted octanol–water partition coefficient (Wildman–Crippen LogP) is 2.95. The number of carbonyl (C=O) groups excluding carboxylic acids is 2. The van der Waals surface area contributed by atoms with Gasteiger partial charge in [-0.1, -0.05) is 13.8 Å². The van der Waals surface area contributed by atoms with E-state index in [1.807, 2.05) is 19.9 Å². The summed E-state index contributed by atoms with van der Waals surface area (Å²) in [6.45, 7) is 3.66. The van der Waals surface area contributed by atoms with Crippen molar-refractivity contribution in [3.63, 3.8) is 0 Å². The van der Waals surface area contributed by atoms with Crippen LogP contribution in [0.4, 0.5) is 11.4 Å². The normalized spacial score (nSPS) is 10.4. The predicted molar refractivity (Wildman–Crippen MR) is 86.9 cm³/mol. The van der Waals surface area contributed by atoms with Crippen LogP contribution in [0, 0.1) is 5.92 Å². The van der Waals surface area contributed by atoms with Crippen molar-refractivity contribution >= 4 is 23.2 Å². The van der Waals surface area contributed by atoms with Gasteiger partial charge in [-0.3, -0.25) is 14.6 Å². The van der Waals surface area contributed by atoms with Crippen LogP contribution in [0.15, 0.2) is 48.8 Å². The van der Waals surface area contributed by atoms with Crippen molar-refractivity contribution in [1.29, 1.82) is 0 Å². The molecule has 5 nitrogen and oxygen atoms in total. The van der Waals surface area contributed by atoms with E-state index >= 15 is 0 Å². The van der Waals surface area contributed by atoms with E-state index in [9.17, 15) is 9.59 Å². The van der Waals surface area contributed by atoms with E-state index in [0.717, 1.165) is 5.69 Å². The van der Waals surface area contributed by atoms with E-state index < -0.39 is 0 Å². The van der Waals surface area contributed by atoms with Crippen molar-refractivity contribution in [2.75, 3.05) is 17.3 Å². The first-order valence-corrected chi connectivity index (χ1v) is 7.08. The maximum Gasteiger partial charge on any atom is 0.258 e. The first-order valence-electron chi connectivity index (χ1n) is 7.08. The highest BCUT2D eigenvalue weighted by atomic mass is 16.2. The van der Waals surface area contributed by atoms with E-state index in [2.05, 4.69) is 10.3 Å². The summed E-state index contributed by atoms with van der Waals surface area (Å²) in [5.41, 5.74) is 1.96. The molecule has 1 aromatic heterocycles. The van der Waals surface area contributed by atoms with Gasteiger partial charge in [0, 0.05) is 30.4 Å². The van der Waals surface area contributed by atoms with Crippen LogP contribution >= 0.6 is 0 Å². The Balaban J connectivity index is 2.10. The average molecular weight is 297 g/mol. The summed E-state index contributed by atoms with van der Waals surface area (Å²) in [6.07, 6.45) is 3.29. The summed E-state index contributed by atoms with van der Waals surface area (Å²) in [5.74, 6) is -0.265. The van der Waals surface area contributed by atoms with Crippen LogP contribution in [-0.4, -0.2) is 23.8 Å². The van der Waals surface area contributed by atoms with Gasteiger partial charge in [0.25, 0.3) is 5.91 Å². The maximum atomic E-state index is 12.4. The number of benzene rings is 1. The standard InChI is InChI=1S/C17H19N3O2/c1-12(2)16(21)19-14-8-6-13(7-9-14)17(22)20(3)15-5-4-10-18-11-15/h4-12H,1-3H3,(H,19,21). The van der Waals surface area contributed by atoms with Crippen LogP contribution in [0.2, 0.25) is 0 Å². The van der Waals surface area contributed by atoms with Crippen LogP contribution in [0.1, 0.15) is 24.2 Å². The molecule has 0 aliphatic heterocycles. The lowest BCUT2D eigenvalue weighted by molar-refractivity contribution is -0.118. The Morgan fingerprint density at radius 3 is 2.36 bits per heavy atom. The Morgan fingerprint density at radius 1 is 1.14 bits per heavy atom. The van der Waals surface area contributed by atoms with Gasteiger partial charge >= 0.3 is 0 Å². The zero-order valence-corrected chi connectivity index (χ0v) is 12.9. The Morgan fingerprint density at radius 2 is 1.82 bits per heavy atom. The number of hydrogen-bond donors (Lipinski definition) is 1. The molecule has 0 aliphatic carbocycles. The third kappa shape index (κ3) is 3.69. The van der Waals surface area contributed by atoms with Gasteiger partial charge in [-0.25, -0.2) is 0 Å². The van der Waals surface area contributed by atoms with E-state index in [-0.39, 0.29) is 17.7 Å². The number of hydrogen-bond acceptors (Lipinski definition) is 3. The number of amides is 2. The van der Waals surface area contributed by atoms with Crippen molar-refractivity contribution < 1.29 is 9.59 Å². The minimum atomic E-state index is -0.130. The van der Waals surface area contributed by atoms with Gasteiger partial charge in [0.2, 0.25) is 5.91 Å². The second kappa shape index (κ2) is 6.85. The fourth-order valence-corrected chi connectivity index (χ4v) is 1.85. The van der Waals surface area contributed by atoms with Crippen molar-refractivity contribution in [2.45, 2.75) is 13.8 Å². The van der Waals surface area contributed by atoms with Crippen molar-refractivity contribution in [3.8, 4) is 0 Å². The third-order valence-corrected chi connectivity index (χ3v) is 3.26. The molecule has 0 bridgehead atoms. The summed E-state index contributed by atoms with van der Waals surface area (Å²) in [5, 5.41) is 2.79. The van der Waals surface area contributed by atoms with Gasteiger partial charge in [-0.2, -0.15) is 0 Å². The monoisotopic (exact) mass is 297 g/mol. The first-order chi connectivity index (χ1) is 10.5. The lowest BCUT2D eigenvalue weighted by atomic mass is 10.1. The topological polar surface area (TPSA) is 62.3 Å². The number of nitrogens with zero attached hydrogens (tertiary/aromatic N) is 2. The Hall–Kier alpha value is -2.69. The molecule has 0 saturated carbocycles. The summed E-state index contributed by atoms with van der Waals surface area (Å²) in [6, 6.07) is 10.5. The van der Waals surface area contributed by atoms with E-state index in [0.29, 0.717) is 11.3 Å². The smallest absolute Gasteiger partial charge is 0.258 e. The van der Waals surface area contributed by atoms with Gasteiger partial charge in [-0.05, 0) is 36.4 Å². The molecule has 5 heteroatoms. The van der Waals surface area contributed by atoms with Crippen LogP contribution in [0.5, 0.6) is 0 Å². The molecule has 1 heterocycles. The number of carbonyl (C=O) groups is 2. The molecule has 0 saturated heterocycles. The van der Waals surface area contributed by atoms with Crippen molar-refractivity contribution in [1.82, 2.24) is 4.98 Å². The summed E-state index contributed by atoms with van der Waals surface area (Å²) in [4.78, 5) is 29.6. The van der Waals surface area contributed by atoms with Crippen molar-refractivity contribution in [2.24, 2.45) is 5.92 Å². The highest BCUT2D eigenvalue weighted by Gasteiger charge is 2.14. The Labute approximate surface area is 130 Å². The second-order valence-corrected chi connectivity index (χ2v) is 5.30. The lowest BCUT2D eigenvalue weighted by Gasteiger charge is -2.17. The minimum absolute atomic E-state index is 0.0495. The molecule has 1 N–H and O–H groups in total. The largest absolute Gasteiger partial charge is 0.326 e. The van der Waals surface area contributed by atoms with Crippen LogP contribution < -0.4 is 10.2 Å². The average Bonchev–Trinajstić information content (AvgIpc) is 2.55. The number of rotatable bonds is 4. The SMILES string of the molecule is CC(C)C(=O)Nc1ccc(C(=O)N(C)c2cccnc2)cc1. The second-order valence-electron chi connectivity index (χ2n) is 5.30. The molecule has 2 rings (SSSR count). The number of pyridine rings is 1. The van der Waals surface area contributed by atoms with Crippen LogP contribution in [-0.2, 0) is 4.79 Å². The van der Waals surface area contributed by atoms with Gasteiger partial charge < -0.3 is 10.2 Å². The zero-order valence-electron chi connectivity index (χ0n) is 12.9. The lowest BCUT2D eigenvalue weighted by Crippen LogP contribution is -2.26. The molecule has 0 unspecified atom stereocenters. The Bertz CT molecular complexity index is 651. The molecule has 2 amide bonds. The third-order valence-electron chi connectivity index (χ3n) is 3.26. The van der Waals surface area contributed by atoms with E-state index in [4.69, 9.17) is 0 Å².